The molecule has 2 aromatic rings. The van der Waals surface area contributed by atoms with Crippen LogP contribution in [0.5, 0.6) is 5.75 Å². The molecule has 4 nitrogen and oxygen atoms in total. The van der Waals surface area contributed by atoms with Gasteiger partial charge in [0.25, 0.3) is 0 Å². The molecule has 0 aliphatic heterocycles. The lowest BCUT2D eigenvalue weighted by Gasteiger charge is -2.12. The number of pyridine rings is 1. The summed E-state index contributed by atoms with van der Waals surface area (Å²) in [5, 5.41) is 3.31. The number of anilines is 2. The molecule has 0 radical (unpaired) electrons. The fraction of sp³-hybridized carbons (Fsp3) is 0.214. The Bertz CT molecular complexity index is 540. The van der Waals surface area contributed by atoms with Gasteiger partial charge in [0.15, 0.2) is 0 Å². The molecule has 18 heavy (non-hydrogen) atoms. The first-order valence-corrected chi connectivity index (χ1v) is 5.77. The van der Waals surface area contributed by atoms with Crippen molar-refractivity contribution in [1.82, 2.24) is 4.98 Å². The van der Waals surface area contributed by atoms with Gasteiger partial charge in [-0.05, 0) is 36.2 Å². The molecule has 0 aliphatic carbocycles. The number of aryl methyl sites for hydroxylation is 1. The molecule has 0 fully saturated rings. The van der Waals surface area contributed by atoms with Crippen LogP contribution in [0.2, 0.25) is 0 Å². The third-order valence-electron chi connectivity index (χ3n) is 2.87. The largest absolute Gasteiger partial charge is 0.497 e. The van der Waals surface area contributed by atoms with Crippen LogP contribution in [-0.4, -0.2) is 12.1 Å². The number of hydrogen-bond acceptors (Lipinski definition) is 4. The maximum atomic E-state index is 5.92. The molecule has 0 atom stereocenters. The molecule has 1 aromatic heterocycles. The van der Waals surface area contributed by atoms with Crippen molar-refractivity contribution in [3.05, 3.63) is 47.8 Å². The molecular weight excluding hydrogens is 226 g/mol. The van der Waals surface area contributed by atoms with Crippen LogP contribution in [-0.2, 0) is 6.54 Å². The minimum atomic E-state index is 0.711. The topological polar surface area (TPSA) is 60.2 Å². The Morgan fingerprint density at radius 1 is 1.33 bits per heavy atom. The van der Waals surface area contributed by atoms with E-state index in [4.69, 9.17) is 10.5 Å². The number of ether oxygens (including phenoxy) is 1. The summed E-state index contributed by atoms with van der Waals surface area (Å²) in [7, 11) is 1.64. The fourth-order valence-corrected chi connectivity index (χ4v) is 1.71. The van der Waals surface area contributed by atoms with Crippen LogP contribution in [0.4, 0.5) is 11.4 Å². The maximum absolute atomic E-state index is 5.92. The fourth-order valence-electron chi connectivity index (χ4n) is 1.71. The predicted octanol–water partition coefficient (Wildman–Crippen LogP) is 2.59. The molecule has 1 heterocycles. The molecule has 0 aliphatic rings. The van der Waals surface area contributed by atoms with Gasteiger partial charge in [-0.25, -0.2) is 0 Å². The lowest BCUT2D eigenvalue weighted by atomic mass is 10.1. The molecule has 0 bridgehead atoms. The second-order valence-corrected chi connectivity index (χ2v) is 4.11. The lowest BCUT2D eigenvalue weighted by molar-refractivity contribution is 0.415. The summed E-state index contributed by atoms with van der Waals surface area (Å²) in [5.74, 6) is 0.790. The summed E-state index contributed by atoms with van der Waals surface area (Å²) in [6.07, 6.45) is 3.64. The summed E-state index contributed by atoms with van der Waals surface area (Å²) in [5.41, 5.74) is 9.87. The third-order valence-corrected chi connectivity index (χ3v) is 2.87. The van der Waals surface area contributed by atoms with E-state index in [0.717, 1.165) is 17.0 Å². The highest BCUT2D eigenvalue weighted by Crippen LogP contribution is 2.25. The molecule has 3 N–H and O–H groups in total. The van der Waals surface area contributed by atoms with E-state index in [-0.39, 0.29) is 0 Å². The van der Waals surface area contributed by atoms with E-state index in [9.17, 15) is 0 Å². The quantitative estimate of drug-likeness (QED) is 0.810. The van der Waals surface area contributed by atoms with Crippen LogP contribution >= 0.6 is 0 Å². The number of nitrogen functional groups attached to an aromatic ring is 1. The molecule has 1 aromatic carbocycles. The van der Waals surface area contributed by atoms with Crippen molar-refractivity contribution in [2.75, 3.05) is 18.2 Å². The second kappa shape index (κ2) is 5.40. The van der Waals surface area contributed by atoms with Crippen molar-refractivity contribution >= 4 is 11.4 Å². The van der Waals surface area contributed by atoms with E-state index in [2.05, 4.69) is 10.3 Å². The van der Waals surface area contributed by atoms with Crippen LogP contribution < -0.4 is 15.8 Å². The lowest BCUT2D eigenvalue weighted by Crippen LogP contribution is -2.04. The van der Waals surface area contributed by atoms with Crippen LogP contribution in [0.1, 0.15) is 11.1 Å². The molecule has 0 unspecified atom stereocenters. The highest BCUT2D eigenvalue weighted by molar-refractivity contribution is 5.68. The van der Waals surface area contributed by atoms with Crippen LogP contribution in [0.25, 0.3) is 0 Å². The number of rotatable bonds is 4. The SMILES string of the molecule is COc1ccc(N)c(NCc2ccncc2C)c1. The summed E-state index contributed by atoms with van der Waals surface area (Å²) in [6, 6.07) is 7.57. The normalized spacial score (nSPS) is 10.1. The van der Waals surface area contributed by atoms with E-state index in [0.29, 0.717) is 12.2 Å². The molecule has 2 rings (SSSR count). The Labute approximate surface area is 107 Å². The predicted molar refractivity (Wildman–Crippen MR) is 73.7 cm³/mol. The molecule has 94 valence electrons. The molecule has 4 heteroatoms. The zero-order valence-electron chi connectivity index (χ0n) is 10.6. The van der Waals surface area contributed by atoms with Gasteiger partial charge in [-0.2, -0.15) is 0 Å². The van der Waals surface area contributed by atoms with Crippen molar-refractivity contribution in [3.8, 4) is 5.75 Å². The van der Waals surface area contributed by atoms with Crippen LogP contribution in [0.3, 0.4) is 0 Å². The number of nitrogens with zero attached hydrogens (tertiary/aromatic N) is 1. The first kappa shape index (κ1) is 12.2. The zero-order valence-corrected chi connectivity index (χ0v) is 10.6. The average Bonchev–Trinajstić information content (AvgIpc) is 2.39. The smallest absolute Gasteiger partial charge is 0.121 e. The number of benzene rings is 1. The number of aromatic nitrogens is 1. The van der Waals surface area contributed by atoms with Crippen molar-refractivity contribution in [2.24, 2.45) is 0 Å². The van der Waals surface area contributed by atoms with Gasteiger partial charge in [0.2, 0.25) is 0 Å². The standard InChI is InChI=1S/C14H17N3O/c1-10-8-16-6-5-11(10)9-17-14-7-12(18-2)3-4-13(14)15/h3-8,17H,9,15H2,1-2H3. The van der Waals surface area contributed by atoms with E-state index >= 15 is 0 Å². The number of nitrogens with two attached hydrogens (primary N) is 1. The second-order valence-electron chi connectivity index (χ2n) is 4.11. The van der Waals surface area contributed by atoms with Gasteiger partial charge in [-0.15, -0.1) is 0 Å². The van der Waals surface area contributed by atoms with Crippen molar-refractivity contribution in [2.45, 2.75) is 13.5 Å². The Balaban J connectivity index is 2.13. The Morgan fingerprint density at radius 2 is 2.17 bits per heavy atom. The van der Waals surface area contributed by atoms with Crippen molar-refractivity contribution in [3.63, 3.8) is 0 Å². The molecule has 0 saturated carbocycles. The Hall–Kier alpha value is -2.23. The van der Waals surface area contributed by atoms with Gasteiger partial charge in [0.05, 0.1) is 18.5 Å². The third kappa shape index (κ3) is 2.71. The number of methoxy groups -OCH3 is 1. The Morgan fingerprint density at radius 3 is 2.89 bits per heavy atom. The first-order valence-electron chi connectivity index (χ1n) is 5.77. The number of hydrogen-bond donors (Lipinski definition) is 2. The van der Waals surface area contributed by atoms with Crippen LogP contribution in [0, 0.1) is 6.92 Å². The maximum Gasteiger partial charge on any atom is 0.121 e. The minimum absolute atomic E-state index is 0.711. The molecule has 0 spiro atoms. The summed E-state index contributed by atoms with van der Waals surface area (Å²) < 4.78 is 5.18. The van der Waals surface area contributed by atoms with Gasteiger partial charge in [0.1, 0.15) is 5.75 Å². The highest BCUT2D eigenvalue weighted by Gasteiger charge is 2.02. The van der Waals surface area contributed by atoms with Gasteiger partial charge < -0.3 is 15.8 Å². The van der Waals surface area contributed by atoms with Crippen molar-refractivity contribution < 1.29 is 4.74 Å². The van der Waals surface area contributed by atoms with E-state index in [1.165, 1.54) is 5.56 Å². The van der Waals surface area contributed by atoms with Crippen molar-refractivity contribution in [1.29, 1.82) is 0 Å². The van der Waals surface area contributed by atoms with Gasteiger partial charge in [-0.3, -0.25) is 4.98 Å². The van der Waals surface area contributed by atoms with Crippen LogP contribution in [0.15, 0.2) is 36.7 Å². The van der Waals surface area contributed by atoms with E-state index in [1.807, 2.05) is 37.4 Å². The number of nitrogens with one attached hydrogen (secondary N) is 1. The highest BCUT2D eigenvalue weighted by atomic mass is 16.5. The molecule has 0 amide bonds. The zero-order chi connectivity index (χ0) is 13.0. The summed E-state index contributed by atoms with van der Waals surface area (Å²) in [6.45, 7) is 2.75. The monoisotopic (exact) mass is 243 g/mol. The first-order chi connectivity index (χ1) is 8.70. The minimum Gasteiger partial charge on any atom is -0.497 e. The molecule has 0 saturated heterocycles. The van der Waals surface area contributed by atoms with Gasteiger partial charge in [0, 0.05) is 25.0 Å². The Kier molecular flexibility index (Phi) is 3.67. The summed E-state index contributed by atoms with van der Waals surface area (Å²) in [4.78, 5) is 4.07. The molecular formula is C14H17N3O. The average molecular weight is 243 g/mol. The van der Waals surface area contributed by atoms with E-state index < -0.39 is 0 Å². The summed E-state index contributed by atoms with van der Waals surface area (Å²) >= 11 is 0. The van der Waals surface area contributed by atoms with E-state index in [1.54, 1.807) is 13.3 Å². The van der Waals surface area contributed by atoms with Gasteiger partial charge in [-0.1, -0.05) is 0 Å². The van der Waals surface area contributed by atoms with Gasteiger partial charge >= 0.3 is 0 Å².